The average molecular weight is 363 g/mol. The molecule has 5 nitrogen and oxygen atoms in total. The van der Waals surface area contributed by atoms with Gasteiger partial charge in [0, 0.05) is 37.3 Å². The van der Waals surface area contributed by atoms with Crippen LogP contribution in [0.15, 0.2) is 48.5 Å². The van der Waals surface area contributed by atoms with Crippen molar-refractivity contribution in [2.45, 2.75) is 32.1 Å². The molecule has 2 saturated heterocycles. The second kappa shape index (κ2) is 7.82. The molecule has 4 rings (SSSR count). The molecular weight excluding hydrogens is 338 g/mol. The number of piperidine rings is 1. The minimum absolute atomic E-state index is 0.126. The zero-order valence-corrected chi connectivity index (χ0v) is 15.5. The van der Waals surface area contributed by atoms with E-state index in [4.69, 9.17) is 0 Å². The van der Waals surface area contributed by atoms with Crippen molar-refractivity contribution >= 4 is 28.9 Å². The third-order valence-corrected chi connectivity index (χ3v) is 5.36. The second-order valence-corrected chi connectivity index (χ2v) is 7.21. The normalized spacial score (nSPS) is 17.3. The van der Waals surface area contributed by atoms with Crippen LogP contribution in [0.1, 0.15) is 42.5 Å². The Morgan fingerprint density at radius 2 is 1.59 bits per heavy atom. The molecule has 2 aromatic carbocycles. The number of nitrogens with one attached hydrogen (secondary N) is 1. The molecule has 27 heavy (non-hydrogen) atoms. The molecule has 0 aliphatic carbocycles. The topological polar surface area (TPSA) is 52.7 Å². The summed E-state index contributed by atoms with van der Waals surface area (Å²) < 4.78 is 0. The monoisotopic (exact) mass is 363 g/mol. The van der Waals surface area contributed by atoms with Crippen molar-refractivity contribution in [1.29, 1.82) is 0 Å². The van der Waals surface area contributed by atoms with Crippen LogP contribution in [0.5, 0.6) is 0 Å². The van der Waals surface area contributed by atoms with Crippen molar-refractivity contribution in [2.24, 2.45) is 0 Å². The average Bonchev–Trinajstić information content (AvgIpc) is 3.15. The van der Waals surface area contributed by atoms with E-state index in [-0.39, 0.29) is 11.8 Å². The number of amides is 2. The van der Waals surface area contributed by atoms with Gasteiger partial charge in [-0.3, -0.25) is 9.59 Å². The van der Waals surface area contributed by atoms with Crippen LogP contribution < -0.4 is 15.1 Å². The Morgan fingerprint density at radius 3 is 2.30 bits per heavy atom. The highest BCUT2D eigenvalue weighted by atomic mass is 16.2. The van der Waals surface area contributed by atoms with Gasteiger partial charge in [-0.25, -0.2) is 0 Å². The lowest BCUT2D eigenvalue weighted by molar-refractivity contribution is -0.117. The predicted molar refractivity (Wildman–Crippen MR) is 108 cm³/mol. The Kier molecular flexibility index (Phi) is 5.10. The molecule has 140 valence electrons. The minimum Gasteiger partial charge on any atom is -0.370 e. The molecule has 2 aliphatic heterocycles. The number of hydrogen-bond donors (Lipinski definition) is 1. The van der Waals surface area contributed by atoms with E-state index < -0.39 is 0 Å². The fourth-order valence-electron chi connectivity index (χ4n) is 3.90. The summed E-state index contributed by atoms with van der Waals surface area (Å²) in [4.78, 5) is 28.7. The summed E-state index contributed by atoms with van der Waals surface area (Å²) in [7, 11) is 0. The van der Waals surface area contributed by atoms with Gasteiger partial charge in [-0.05, 0) is 62.1 Å². The van der Waals surface area contributed by atoms with Gasteiger partial charge in [-0.1, -0.05) is 12.1 Å². The Morgan fingerprint density at radius 1 is 0.852 bits per heavy atom. The summed E-state index contributed by atoms with van der Waals surface area (Å²) in [5.41, 5.74) is 3.40. The van der Waals surface area contributed by atoms with Crippen molar-refractivity contribution < 1.29 is 9.59 Å². The summed E-state index contributed by atoms with van der Waals surface area (Å²) in [5, 5.41) is 3.06. The smallest absolute Gasteiger partial charge is 0.255 e. The van der Waals surface area contributed by atoms with Crippen molar-refractivity contribution in [3.63, 3.8) is 0 Å². The lowest BCUT2D eigenvalue weighted by Crippen LogP contribution is -2.30. The zero-order chi connectivity index (χ0) is 18.6. The van der Waals surface area contributed by atoms with Crippen LogP contribution in [-0.2, 0) is 4.79 Å². The zero-order valence-electron chi connectivity index (χ0n) is 15.5. The van der Waals surface area contributed by atoms with Crippen molar-refractivity contribution in [3.8, 4) is 0 Å². The second-order valence-electron chi connectivity index (χ2n) is 7.21. The first-order chi connectivity index (χ1) is 13.2. The molecule has 2 heterocycles. The maximum Gasteiger partial charge on any atom is 0.255 e. The Labute approximate surface area is 160 Å². The van der Waals surface area contributed by atoms with Gasteiger partial charge in [-0.15, -0.1) is 0 Å². The highest BCUT2D eigenvalue weighted by Crippen LogP contribution is 2.29. The summed E-state index contributed by atoms with van der Waals surface area (Å²) in [6, 6.07) is 15.3. The van der Waals surface area contributed by atoms with Gasteiger partial charge >= 0.3 is 0 Å². The van der Waals surface area contributed by atoms with Crippen LogP contribution in [-0.4, -0.2) is 31.4 Å². The molecule has 0 radical (unpaired) electrons. The molecule has 0 unspecified atom stereocenters. The van der Waals surface area contributed by atoms with Gasteiger partial charge in [0.05, 0.1) is 11.4 Å². The number of carbonyl (C=O) groups is 2. The van der Waals surface area contributed by atoms with Crippen LogP contribution in [0.4, 0.5) is 17.1 Å². The van der Waals surface area contributed by atoms with Crippen LogP contribution in [0.3, 0.4) is 0 Å². The van der Waals surface area contributed by atoms with Gasteiger partial charge in [-0.2, -0.15) is 0 Å². The maximum absolute atomic E-state index is 12.7. The van der Waals surface area contributed by atoms with E-state index in [1.807, 2.05) is 30.3 Å². The van der Waals surface area contributed by atoms with Gasteiger partial charge in [0.1, 0.15) is 0 Å². The first-order valence-electron chi connectivity index (χ1n) is 9.78. The molecule has 0 atom stereocenters. The first kappa shape index (κ1) is 17.6. The summed E-state index contributed by atoms with van der Waals surface area (Å²) in [5.74, 6) is 0.0291. The number of rotatable bonds is 4. The molecule has 0 saturated carbocycles. The molecule has 0 bridgehead atoms. The third kappa shape index (κ3) is 3.82. The van der Waals surface area contributed by atoms with Crippen LogP contribution >= 0.6 is 0 Å². The van der Waals surface area contributed by atoms with E-state index in [1.54, 1.807) is 17.0 Å². The van der Waals surface area contributed by atoms with Gasteiger partial charge in [0.25, 0.3) is 5.91 Å². The molecule has 2 aliphatic rings. The van der Waals surface area contributed by atoms with E-state index >= 15 is 0 Å². The molecule has 2 amide bonds. The number of hydrogen-bond acceptors (Lipinski definition) is 3. The SMILES string of the molecule is O=C(Nc1ccccc1N1CCCCC1)c1ccc(N2CCCC2=O)cc1. The quantitative estimate of drug-likeness (QED) is 0.891. The summed E-state index contributed by atoms with van der Waals surface area (Å²) >= 11 is 0. The Balaban J connectivity index is 1.48. The van der Waals surface area contributed by atoms with Crippen molar-refractivity contribution in [3.05, 3.63) is 54.1 Å². The highest BCUT2D eigenvalue weighted by Gasteiger charge is 2.22. The fraction of sp³-hybridized carbons (Fsp3) is 0.364. The first-order valence-corrected chi connectivity index (χ1v) is 9.78. The van der Waals surface area contributed by atoms with E-state index in [2.05, 4.69) is 16.3 Å². The Hall–Kier alpha value is -2.82. The van der Waals surface area contributed by atoms with Gasteiger partial charge in [0.2, 0.25) is 5.91 Å². The lowest BCUT2D eigenvalue weighted by Gasteiger charge is -2.30. The third-order valence-electron chi connectivity index (χ3n) is 5.36. The van der Waals surface area contributed by atoms with Gasteiger partial charge < -0.3 is 15.1 Å². The van der Waals surface area contributed by atoms with E-state index in [1.165, 1.54) is 19.3 Å². The molecular formula is C22H25N3O2. The molecule has 2 fully saturated rings. The molecule has 5 heteroatoms. The summed E-state index contributed by atoms with van der Waals surface area (Å²) in [6.45, 7) is 2.82. The molecule has 0 spiro atoms. The minimum atomic E-state index is -0.126. The standard InChI is InChI=1S/C22H25N3O2/c26-21-9-6-16-25(21)18-12-10-17(11-13-18)22(27)23-19-7-2-3-8-20(19)24-14-4-1-5-15-24/h2-3,7-8,10-13H,1,4-6,9,14-16H2,(H,23,27). The number of carbonyl (C=O) groups excluding carboxylic acids is 2. The maximum atomic E-state index is 12.7. The van der Waals surface area contributed by atoms with Crippen LogP contribution in [0.2, 0.25) is 0 Å². The van der Waals surface area contributed by atoms with E-state index in [9.17, 15) is 9.59 Å². The predicted octanol–water partition coefficient (Wildman–Crippen LogP) is 4.06. The van der Waals surface area contributed by atoms with E-state index in [0.29, 0.717) is 12.0 Å². The largest absolute Gasteiger partial charge is 0.370 e. The van der Waals surface area contributed by atoms with Crippen LogP contribution in [0, 0.1) is 0 Å². The van der Waals surface area contributed by atoms with Crippen molar-refractivity contribution in [1.82, 2.24) is 0 Å². The molecule has 1 N–H and O–H groups in total. The van der Waals surface area contributed by atoms with Crippen molar-refractivity contribution in [2.75, 3.05) is 34.8 Å². The lowest BCUT2D eigenvalue weighted by atomic mass is 10.1. The number of anilines is 3. The Bertz CT molecular complexity index is 826. The highest BCUT2D eigenvalue weighted by molar-refractivity contribution is 6.06. The number of nitrogens with zero attached hydrogens (tertiary/aromatic N) is 2. The molecule has 0 aromatic heterocycles. The summed E-state index contributed by atoms with van der Waals surface area (Å²) in [6.07, 6.45) is 5.17. The molecule has 2 aromatic rings. The number of benzene rings is 2. The van der Waals surface area contributed by atoms with Gasteiger partial charge in [0.15, 0.2) is 0 Å². The van der Waals surface area contributed by atoms with E-state index in [0.717, 1.165) is 43.1 Å². The fourth-order valence-corrected chi connectivity index (χ4v) is 3.90. The van der Waals surface area contributed by atoms with Crippen LogP contribution in [0.25, 0.3) is 0 Å². The number of para-hydroxylation sites is 2.